The summed E-state index contributed by atoms with van der Waals surface area (Å²) in [6.07, 6.45) is 10.7. The summed E-state index contributed by atoms with van der Waals surface area (Å²) in [5.74, 6) is 2.66. The second kappa shape index (κ2) is 8.39. The molecule has 0 heterocycles. The van der Waals surface area contributed by atoms with Gasteiger partial charge in [-0.15, -0.1) is 0 Å². The van der Waals surface area contributed by atoms with E-state index in [0.717, 1.165) is 25.9 Å². The van der Waals surface area contributed by atoms with Gasteiger partial charge in [-0.2, -0.15) is 0 Å². The molecule has 0 aromatic heterocycles. The molecule has 4 rings (SSSR count). The van der Waals surface area contributed by atoms with Crippen molar-refractivity contribution in [1.29, 1.82) is 0 Å². The van der Waals surface area contributed by atoms with Crippen LogP contribution < -0.4 is 0 Å². The smallest absolute Gasteiger partial charge is 0.303 e. The molecule has 10 atom stereocenters. The second-order valence-electron chi connectivity index (χ2n) is 11.8. The lowest BCUT2D eigenvalue weighted by Gasteiger charge is -2.62. The van der Waals surface area contributed by atoms with Crippen LogP contribution in [0.15, 0.2) is 0 Å². The van der Waals surface area contributed by atoms with E-state index in [1.807, 2.05) is 0 Å². The Labute approximate surface area is 183 Å². The first-order valence-electron chi connectivity index (χ1n) is 12.7. The van der Waals surface area contributed by atoms with E-state index < -0.39 is 5.97 Å². The third-order valence-electron chi connectivity index (χ3n) is 10.6. The Bertz CT molecular complexity index is 635. The Hall–Kier alpha value is -0.610. The first kappa shape index (κ1) is 22.6. The molecule has 0 aromatic rings. The number of rotatable bonds is 6. The number of carbonyl (C=O) groups is 1. The molecule has 0 spiro atoms. The highest BCUT2D eigenvalue weighted by atomic mass is 16.5. The van der Waals surface area contributed by atoms with Crippen molar-refractivity contribution in [1.82, 2.24) is 0 Å². The minimum Gasteiger partial charge on any atom is -0.481 e. The Morgan fingerprint density at radius 3 is 2.47 bits per heavy atom. The highest BCUT2D eigenvalue weighted by Gasteiger charge is 2.62. The van der Waals surface area contributed by atoms with Crippen LogP contribution >= 0.6 is 0 Å². The molecule has 2 N–H and O–H groups in total. The minimum atomic E-state index is -0.672. The first-order valence-corrected chi connectivity index (χ1v) is 12.7. The van der Waals surface area contributed by atoms with Gasteiger partial charge in [0.25, 0.3) is 0 Å². The van der Waals surface area contributed by atoms with Crippen LogP contribution in [0.1, 0.15) is 91.9 Å². The summed E-state index contributed by atoms with van der Waals surface area (Å²) in [4.78, 5) is 11.1. The van der Waals surface area contributed by atoms with Crippen LogP contribution in [0, 0.1) is 46.3 Å². The number of aliphatic hydroxyl groups is 1. The molecule has 0 aromatic carbocycles. The molecular formula is C26H44O4. The summed E-state index contributed by atoms with van der Waals surface area (Å²) in [6, 6.07) is 0. The molecule has 0 aliphatic heterocycles. The highest BCUT2D eigenvalue weighted by Crippen LogP contribution is 2.68. The maximum Gasteiger partial charge on any atom is 0.303 e. The largest absolute Gasteiger partial charge is 0.481 e. The lowest BCUT2D eigenvalue weighted by atomic mass is 9.43. The number of hydrogen-bond donors (Lipinski definition) is 2. The molecular weight excluding hydrogens is 376 g/mol. The quantitative estimate of drug-likeness (QED) is 0.593. The Kier molecular flexibility index (Phi) is 6.31. The Balaban J connectivity index is 1.52. The summed E-state index contributed by atoms with van der Waals surface area (Å²) in [5, 5.41) is 20.6. The van der Waals surface area contributed by atoms with E-state index in [-0.39, 0.29) is 17.9 Å². The summed E-state index contributed by atoms with van der Waals surface area (Å²) < 4.78 is 5.99. The predicted molar refractivity (Wildman–Crippen MR) is 118 cm³/mol. The van der Waals surface area contributed by atoms with E-state index in [4.69, 9.17) is 9.84 Å². The van der Waals surface area contributed by atoms with Crippen LogP contribution in [0.3, 0.4) is 0 Å². The van der Waals surface area contributed by atoms with Gasteiger partial charge >= 0.3 is 5.97 Å². The van der Waals surface area contributed by atoms with Crippen LogP contribution in [0.5, 0.6) is 0 Å². The highest BCUT2D eigenvalue weighted by molar-refractivity contribution is 5.66. The lowest BCUT2D eigenvalue weighted by Crippen LogP contribution is -2.58. The van der Waals surface area contributed by atoms with Crippen molar-refractivity contribution in [2.24, 2.45) is 46.3 Å². The molecule has 0 saturated heterocycles. The molecule has 4 heteroatoms. The predicted octanol–water partition coefficient (Wildman–Crippen LogP) is 5.52. The van der Waals surface area contributed by atoms with Crippen molar-refractivity contribution in [2.45, 2.75) is 104 Å². The molecule has 0 amide bonds. The summed E-state index contributed by atoms with van der Waals surface area (Å²) in [6.45, 7) is 10.2. The zero-order valence-electron chi connectivity index (χ0n) is 19.6. The molecule has 4 aliphatic carbocycles. The topological polar surface area (TPSA) is 66.8 Å². The monoisotopic (exact) mass is 420 g/mol. The molecule has 0 radical (unpaired) electrons. The number of carboxylic acids is 1. The summed E-state index contributed by atoms with van der Waals surface area (Å²) >= 11 is 0. The number of ether oxygens (including phenoxy) is 1. The second-order valence-corrected chi connectivity index (χ2v) is 11.8. The number of fused-ring (bicyclic) bond motifs is 5. The molecule has 10 unspecified atom stereocenters. The molecule has 172 valence electrons. The van der Waals surface area contributed by atoms with Crippen molar-refractivity contribution < 1.29 is 19.7 Å². The average molecular weight is 421 g/mol. The van der Waals surface area contributed by atoms with E-state index in [2.05, 4.69) is 27.7 Å². The fourth-order valence-corrected chi connectivity index (χ4v) is 9.10. The normalized spacial score (nSPS) is 49.0. The van der Waals surface area contributed by atoms with Gasteiger partial charge in [0.2, 0.25) is 0 Å². The van der Waals surface area contributed by atoms with Gasteiger partial charge in [0.15, 0.2) is 0 Å². The average Bonchev–Trinajstić information content (AvgIpc) is 3.04. The van der Waals surface area contributed by atoms with Crippen molar-refractivity contribution in [2.75, 3.05) is 6.61 Å². The fourth-order valence-electron chi connectivity index (χ4n) is 9.10. The molecule has 4 saturated carbocycles. The number of carboxylic acid groups (broad SMARTS) is 1. The molecule has 4 nitrogen and oxygen atoms in total. The van der Waals surface area contributed by atoms with Crippen LogP contribution in [0.4, 0.5) is 0 Å². The standard InChI is InChI=1S/C26H44O4/c1-5-30-18-10-12-25(3)17(14-18)15-22(27)24-20-8-7-19(16(2)6-9-23(28)29)26(20,4)13-11-21(24)25/h16-22,24,27H,5-15H2,1-4H3,(H,28,29). The van der Waals surface area contributed by atoms with E-state index in [1.54, 1.807) is 0 Å². The molecule has 30 heavy (non-hydrogen) atoms. The fraction of sp³-hybridized carbons (Fsp3) is 0.962. The number of aliphatic carboxylic acids is 1. The maximum atomic E-state index is 11.4. The third kappa shape index (κ3) is 3.64. The van der Waals surface area contributed by atoms with E-state index >= 15 is 0 Å². The van der Waals surface area contributed by atoms with Gasteiger partial charge in [-0.3, -0.25) is 4.79 Å². The van der Waals surface area contributed by atoms with Crippen molar-refractivity contribution in [3.8, 4) is 0 Å². The van der Waals surface area contributed by atoms with Gasteiger partial charge in [0, 0.05) is 13.0 Å². The zero-order chi connectivity index (χ0) is 21.7. The first-order chi connectivity index (χ1) is 14.2. The van der Waals surface area contributed by atoms with E-state index in [0.29, 0.717) is 47.0 Å². The lowest BCUT2D eigenvalue weighted by molar-refractivity contribution is -0.178. The number of hydrogen-bond acceptors (Lipinski definition) is 3. The van der Waals surface area contributed by atoms with Gasteiger partial charge in [-0.1, -0.05) is 20.8 Å². The Morgan fingerprint density at radius 2 is 1.77 bits per heavy atom. The number of aliphatic hydroxyl groups excluding tert-OH is 1. The third-order valence-corrected chi connectivity index (χ3v) is 10.6. The zero-order valence-corrected chi connectivity index (χ0v) is 19.6. The molecule has 0 bridgehead atoms. The summed E-state index contributed by atoms with van der Waals surface area (Å²) in [7, 11) is 0. The van der Waals surface area contributed by atoms with Crippen molar-refractivity contribution in [3.63, 3.8) is 0 Å². The van der Waals surface area contributed by atoms with Gasteiger partial charge in [-0.25, -0.2) is 0 Å². The van der Waals surface area contributed by atoms with Crippen LogP contribution in [-0.2, 0) is 9.53 Å². The van der Waals surface area contributed by atoms with Crippen LogP contribution in [0.2, 0.25) is 0 Å². The van der Waals surface area contributed by atoms with Gasteiger partial charge < -0.3 is 14.9 Å². The molecule has 4 aliphatic rings. The van der Waals surface area contributed by atoms with Gasteiger partial charge in [0.1, 0.15) is 0 Å². The van der Waals surface area contributed by atoms with Crippen molar-refractivity contribution in [3.05, 3.63) is 0 Å². The van der Waals surface area contributed by atoms with Crippen molar-refractivity contribution >= 4 is 5.97 Å². The minimum absolute atomic E-state index is 0.175. The Morgan fingerprint density at radius 1 is 1.07 bits per heavy atom. The SMILES string of the molecule is CCOC1CCC2(C)C(C1)CC(O)C1C2CCC2(C)C(C(C)CCC(=O)O)CCC12. The summed E-state index contributed by atoms with van der Waals surface area (Å²) in [5.41, 5.74) is 0.623. The van der Waals surface area contributed by atoms with Gasteiger partial charge in [0.05, 0.1) is 12.2 Å². The molecule has 4 fully saturated rings. The van der Waals surface area contributed by atoms with E-state index in [1.165, 1.54) is 38.5 Å². The van der Waals surface area contributed by atoms with Crippen LogP contribution in [-0.4, -0.2) is 35.0 Å². The van der Waals surface area contributed by atoms with Gasteiger partial charge in [-0.05, 0) is 111 Å². The van der Waals surface area contributed by atoms with Crippen LogP contribution in [0.25, 0.3) is 0 Å². The maximum absolute atomic E-state index is 11.4. The van der Waals surface area contributed by atoms with E-state index in [9.17, 15) is 9.90 Å².